The molecule has 0 unspecified atom stereocenters. The summed E-state index contributed by atoms with van der Waals surface area (Å²) < 4.78 is 10.0. The van der Waals surface area contributed by atoms with Crippen molar-refractivity contribution in [3.63, 3.8) is 0 Å². The Balaban J connectivity index is 3.07. The number of carbonyl (C=O) groups excluding carboxylic acids is 1. The Bertz CT molecular complexity index is 356. The number of carbonyl (C=O) groups is 1. The Kier molecular flexibility index (Phi) is 3.29. The van der Waals surface area contributed by atoms with Crippen LogP contribution in [0.1, 0.15) is 12.5 Å². The van der Waals surface area contributed by atoms with Gasteiger partial charge < -0.3 is 9.47 Å². The van der Waals surface area contributed by atoms with E-state index in [1.807, 2.05) is 6.07 Å². The Morgan fingerprint density at radius 3 is 2.64 bits per heavy atom. The molecule has 0 aliphatic rings. The lowest BCUT2D eigenvalue weighted by Gasteiger charge is -2.08. The van der Waals surface area contributed by atoms with Gasteiger partial charge in [-0.3, -0.25) is 4.79 Å². The standard InChI is InChI=1S/C11H12O3/c1-4-9-5-6-10(13-3)11(7-9)14-8(2)12/h4-7H,1H2,2-3H3. The van der Waals surface area contributed by atoms with Gasteiger partial charge in [0, 0.05) is 6.92 Å². The number of esters is 1. The Morgan fingerprint density at radius 2 is 2.14 bits per heavy atom. The van der Waals surface area contributed by atoms with Gasteiger partial charge in [0.15, 0.2) is 11.5 Å². The molecule has 14 heavy (non-hydrogen) atoms. The van der Waals surface area contributed by atoms with Crippen LogP contribution in [0.2, 0.25) is 0 Å². The quantitative estimate of drug-likeness (QED) is 0.544. The topological polar surface area (TPSA) is 35.5 Å². The van der Waals surface area contributed by atoms with E-state index in [0.717, 1.165) is 5.56 Å². The maximum Gasteiger partial charge on any atom is 0.308 e. The van der Waals surface area contributed by atoms with Crippen molar-refractivity contribution in [2.75, 3.05) is 7.11 Å². The fourth-order valence-electron chi connectivity index (χ4n) is 1.05. The first-order valence-electron chi connectivity index (χ1n) is 4.16. The predicted molar refractivity (Wildman–Crippen MR) is 54.4 cm³/mol. The predicted octanol–water partition coefficient (Wildman–Crippen LogP) is 2.26. The minimum atomic E-state index is -0.371. The number of hydrogen-bond donors (Lipinski definition) is 0. The van der Waals surface area contributed by atoms with Gasteiger partial charge in [-0.2, -0.15) is 0 Å². The molecule has 0 atom stereocenters. The smallest absolute Gasteiger partial charge is 0.308 e. The van der Waals surface area contributed by atoms with E-state index in [9.17, 15) is 4.79 Å². The van der Waals surface area contributed by atoms with E-state index < -0.39 is 0 Å². The third-order valence-electron chi connectivity index (χ3n) is 1.68. The van der Waals surface area contributed by atoms with Gasteiger partial charge in [0.1, 0.15) is 0 Å². The summed E-state index contributed by atoms with van der Waals surface area (Å²) in [4.78, 5) is 10.8. The summed E-state index contributed by atoms with van der Waals surface area (Å²) in [6, 6.07) is 5.27. The molecule has 1 aromatic carbocycles. The zero-order chi connectivity index (χ0) is 10.6. The molecule has 0 saturated heterocycles. The van der Waals surface area contributed by atoms with Crippen molar-refractivity contribution in [1.82, 2.24) is 0 Å². The van der Waals surface area contributed by atoms with E-state index in [1.165, 1.54) is 14.0 Å². The summed E-state index contributed by atoms with van der Waals surface area (Å²) in [5.74, 6) is 0.577. The molecule has 0 heterocycles. The van der Waals surface area contributed by atoms with Gasteiger partial charge in [-0.1, -0.05) is 18.7 Å². The average Bonchev–Trinajstić information content (AvgIpc) is 2.16. The summed E-state index contributed by atoms with van der Waals surface area (Å²) >= 11 is 0. The van der Waals surface area contributed by atoms with E-state index >= 15 is 0 Å². The molecule has 0 saturated carbocycles. The van der Waals surface area contributed by atoms with Crippen LogP contribution >= 0.6 is 0 Å². The van der Waals surface area contributed by atoms with Crippen LogP contribution in [0.5, 0.6) is 11.5 Å². The third-order valence-corrected chi connectivity index (χ3v) is 1.68. The van der Waals surface area contributed by atoms with Crippen LogP contribution in [0.3, 0.4) is 0 Å². The molecule has 0 spiro atoms. The Morgan fingerprint density at radius 1 is 1.43 bits per heavy atom. The molecule has 0 bridgehead atoms. The molecule has 0 fully saturated rings. The highest BCUT2D eigenvalue weighted by molar-refractivity contribution is 5.71. The number of ether oxygens (including phenoxy) is 2. The van der Waals surface area contributed by atoms with Crippen LogP contribution in [-0.4, -0.2) is 13.1 Å². The van der Waals surface area contributed by atoms with Gasteiger partial charge in [0.25, 0.3) is 0 Å². The van der Waals surface area contributed by atoms with Crippen LogP contribution in [0, 0.1) is 0 Å². The highest BCUT2D eigenvalue weighted by atomic mass is 16.6. The molecule has 3 nitrogen and oxygen atoms in total. The molecule has 1 rings (SSSR count). The van der Waals surface area contributed by atoms with E-state index in [-0.39, 0.29) is 5.97 Å². The number of hydrogen-bond acceptors (Lipinski definition) is 3. The lowest BCUT2D eigenvalue weighted by Crippen LogP contribution is -2.03. The fraction of sp³-hybridized carbons (Fsp3) is 0.182. The summed E-state index contributed by atoms with van der Waals surface area (Å²) in [7, 11) is 1.52. The second kappa shape index (κ2) is 4.46. The molecule has 0 aliphatic heterocycles. The molecule has 0 aliphatic carbocycles. The van der Waals surface area contributed by atoms with E-state index in [4.69, 9.17) is 9.47 Å². The van der Waals surface area contributed by atoms with Gasteiger partial charge in [-0.25, -0.2) is 0 Å². The fourth-order valence-corrected chi connectivity index (χ4v) is 1.05. The molecule has 0 aromatic heterocycles. The lowest BCUT2D eigenvalue weighted by atomic mass is 10.2. The molecule has 0 amide bonds. The summed E-state index contributed by atoms with van der Waals surface area (Å²) in [5.41, 5.74) is 0.877. The minimum Gasteiger partial charge on any atom is -0.493 e. The third kappa shape index (κ3) is 2.36. The molecule has 1 aromatic rings. The molecular formula is C11H12O3. The second-order valence-corrected chi connectivity index (χ2v) is 2.71. The normalized spacial score (nSPS) is 9.29. The first kappa shape index (κ1) is 10.3. The molecule has 0 N–H and O–H groups in total. The van der Waals surface area contributed by atoms with Crippen molar-refractivity contribution in [2.24, 2.45) is 0 Å². The average molecular weight is 192 g/mol. The van der Waals surface area contributed by atoms with Crippen molar-refractivity contribution in [3.05, 3.63) is 30.3 Å². The molecule has 3 heteroatoms. The van der Waals surface area contributed by atoms with Gasteiger partial charge in [0.05, 0.1) is 7.11 Å². The molecule has 0 radical (unpaired) electrons. The molecule has 74 valence electrons. The van der Waals surface area contributed by atoms with E-state index in [0.29, 0.717) is 11.5 Å². The van der Waals surface area contributed by atoms with Gasteiger partial charge >= 0.3 is 5.97 Å². The SMILES string of the molecule is C=Cc1ccc(OC)c(OC(C)=O)c1. The largest absolute Gasteiger partial charge is 0.493 e. The first-order valence-corrected chi connectivity index (χ1v) is 4.16. The van der Waals surface area contributed by atoms with Crippen molar-refractivity contribution in [3.8, 4) is 11.5 Å². The monoisotopic (exact) mass is 192 g/mol. The van der Waals surface area contributed by atoms with E-state index in [1.54, 1.807) is 18.2 Å². The van der Waals surface area contributed by atoms with Crippen LogP contribution in [0.4, 0.5) is 0 Å². The Labute approximate surface area is 83.0 Å². The summed E-state index contributed by atoms with van der Waals surface area (Å²) in [6.45, 7) is 4.97. The zero-order valence-electron chi connectivity index (χ0n) is 8.24. The number of benzene rings is 1. The summed E-state index contributed by atoms with van der Waals surface area (Å²) in [5, 5.41) is 0. The Hall–Kier alpha value is -1.77. The first-order chi connectivity index (χ1) is 6.67. The van der Waals surface area contributed by atoms with Gasteiger partial charge in [-0.05, 0) is 17.7 Å². The van der Waals surface area contributed by atoms with E-state index in [2.05, 4.69) is 6.58 Å². The highest BCUT2D eigenvalue weighted by Gasteiger charge is 2.06. The number of methoxy groups -OCH3 is 1. The van der Waals surface area contributed by atoms with Crippen molar-refractivity contribution < 1.29 is 14.3 Å². The van der Waals surface area contributed by atoms with Crippen molar-refractivity contribution in [1.29, 1.82) is 0 Å². The molecular weight excluding hydrogens is 180 g/mol. The van der Waals surface area contributed by atoms with Crippen LogP contribution in [-0.2, 0) is 4.79 Å². The van der Waals surface area contributed by atoms with Crippen LogP contribution in [0.15, 0.2) is 24.8 Å². The lowest BCUT2D eigenvalue weighted by molar-refractivity contribution is -0.132. The van der Waals surface area contributed by atoms with Gasteiger partial charge in [-0.15, -0.1) is 0 Å². The summed E-state index contributed by atoms with van der Waals surface area (Å²) in [6.07, 6.45) is 1.67. The van der Waals surface area contributed by atoms with Crippen molar-refractivity contribution >= 4 is 12.0 Å². The second-order valence-electron chi connectivity index (χ2n) is 2.71. The van der Waals surface area contributed by atoms with Crippen LogP contribution in [0.25, 0.3) is 6.08 Å². The maximum atomic E-state index is 10.8. The van der Waals surface area contributed by atoms with Gasteiger partial charge in [0.2, 0.25) is 0 Å². The van der Waals surface area contributed by atoms with Crippen molar-refractivity contribution in [2.45, 2.75) is 6.92 Å². The number of rotatable bonds is 3. The van der Waals surface area contributed by atoms with Crippen LogP contribution < -0.4 is 9.47 Å². The zero-order valence-corrected chi connectivity index (χ0v) is 8.24. The highest BCUT2D eigenvalue weighted by Crippen LogP contribution is 2.28. The minimum absolute atomic E-state index is 0.371. The maximum absolute atomic E-state index is 10.8.